The molecule has 0 N–H and O–H groups in total. The van der Waals surface area contributed by atoms with E-state index in [9.17, 15) is 0 Å². The van der Waals surface area contributed by atoms with Crippen molar-refractivity contribution < 1.29 is 9.15 Å². The minimum absolute atomic E-state index is 0.315. The van der Waals surface area contributed by atoms with Gasteiger partial charge in [0.05, 0.1) is 12.7 Å². The van der Waals surface area contributed by atoms with Gasteiger partial charge in [0.15, 0.2) is 0 Å². The number of tetrazole rings is 1. The first-order valence-corrected chi connectivity index (χ1v) is 6.94. The van der Waals surface area contributed by atoms with Crippen molar-refractivity contribution in [3.05, 3.63) is 48.6 Å². The molecule has 0 aliphatic heterocycles. The van der Waals surface area contributed by atoms with Crippen molar-refractivity contribution >= 4 is 10.8 Å². The summed E-state index contributed by atoms with van der Waals surface area (Å²) in [6.07, 6.45) is 1.49. The average Bonchev–Trinajstić information content (AvgIpc) is 3.26. The highest BCUT2D eigenvalue weighted by Crippen LogP contribution is 2.33. The lowest BCUT2D eigenvalue weighted by molar-refractivity contribution is 0.413. The van der Waals surface area contributed by atoms with Crippen LogP contribution >= 0.6 is 0 Å². The van der Waals surface area contributed by atoms with Crippen molar-refractivity contribution in [1.29, 1.82) is 0 Å². The maximum atomic E-state index is 5.72. The summed E-state index contributed by atoms with van der Waals surface area (Å²) in [5.74, 6) is 1.50. The zero-order valence-electron chi connectivity index (χ0n) is 12.2. The minimum atomic E-state index is 0.315. The van der Waals surface area contributed by atoms with E-state index in [0.29, 0.717) is 24.1 Å². The molecule has 0 amide bonds. The van der Waals surface area contributed by atoms with Gasteiger partial charge in [-0.2, -0.15) is 0 Å². The lowest BCUT2D eigenvalue weighted by Gasteiger charge is -2.07. The Bertz CT molecular complexity index is 948. The predicted octanol–water partition coefficient (Wildman–Crippen LogP) is 1.93. The van der Waals surface area contributed by atoms with E-state index in [1.807, 2.05) is 36.4 Å². The maximum Gasteiger partial charge on any atom is 0.251 e. The molecular formula is C15H12N6O2. The van der Waals surface area contributed by atoms with Crippen LogP contribution in [0.5, 0.6) is 5.75 Å². The number of hydrogen-bond donors (Lipinski definition) is 0. The first-order valence-electron chi connectivity index (χ1n) is 6.94. The van der Waals surface area contributed by atoms with Gasteiger partial charge in [0, 0.05) is 0 Å². The molecule has 2 heterocycles. The number of benzene rings is 2. The Kier molecular flexibility index (Phi) is 3.19. The summed E-state index contributed by atoms with van der Waals surface area (Å²) in [7, 11) is 1.62. The molecule has 0 saturated heterocycles. The molecule has 0 saturated carbocycles. The quantitative estimate of drug-likeness (QED) is 0.568. The van der Waals surface area contributed by atoms with Crippen LogP contribution in [0.4, 0.5) is 0 Å². The van der Waals surface area contributed by atoms with Crippen molar-refractivity contribution in [2.24, 2.45) is 0 Å². The van der Waals surface area contributed by atoms with Crippen molar-refractivity contribution in [2.75, 3.05) is 7.11 Å². The smallest absolute Gasteiger partial charge is 0.251 e. The molecule has 114 valence electrons. The number of hydrogen-bond acceptors (Lipinski definition) is 7. The van der Waals surface area contributed by atoms with Crippen LogP contribution in [0.25, 0.3) is 22.2 Å². The molecule has 2 aromatic carbocycles. The van der Waals surface area contributed by atoms with Crippen LogP contribution in [-0.2, 0) is 6.54 Å². The third-order valence-electron chi connectivity index (χ3n) is 3.45. The van der Waals surface area contributed by atoms with E-state index in [-0.39, 0.29) is 0 Å². The highest BCUT2D eigenvalue weighted by Gasteiger charge is 2.15. The first kappa shape index (κ1) is 13.4. The summed E-state index contributed by atoms with van der Waals surface area (Å²) >= 11 is 0. The zero-order chi connectivity index (χ0) is 15.6. The summed E-state index contributed by atoms with van der Waals surface area (Å²) in [5, 5.41) is 21.2. The highest BCUT2D eigenvalue weighted by atomic mass is 16.5. The standard InChI is InChI=1S/C15H12N6O2/c1-22-13-7-11-5-3-2-4-10(11)6-12(13)15-18-17-14(23-15)8-21-9-16-19-20-21/h2-7,9H,8H2,1H3. The van der Waals surface area contributed by atoms with Crippen molar-refractivity contribution in [3.63, 3.8) is 0 Å². The van der Waals surface area contributed by atoms with E-state index in [2.05, 4.69) is 25.7 Å². The van der Waals surface area contributed by atoms with E-state index >= 15 is 0 Å². The topological polar surface area (TPSA) is 91.8 Å². The monoisotopic (exact) mass is 308 g/mol. The normalized spacial score (nSPS) is 11.0. The van der Waals surface area contributed by atoms with Crippen LogP contribution in [0.1, 0.15) is 5.89 Å². The Morgan fingerprint density at radius 2 is 1.96 bits per heavy atom. The fourth-order valence-electron chi connectivity index (χ4n) is 2.37. The van der Waals surface area contributed by atoms with Crippen LogP contribution in [0.2, 0.25) is 0 Å². The van der Waals surface area contributed by atoms with Gasteiger partial charge in [0.25, 0.3) is 5.89 Å². The third kappa shape index (κ3) is 2.50. The van der Waals surface area contributed by atoms with Crippen LogP contribution in [0.3, 0.4) is 0 Å². The number of rotatable bonds is 4. The fraction of sp³-hybridized carbons (Fsp3) is 0.133. The number of fused-ring (bicyclic) bond motifs is 1. The lowest BCUT2D eigenvalue weighted by Crippen LogP contribution is -2.00. The summed E-state index contributed by atoms with van der Waals surface area (Å²) < 4.78 is 12.7. The van der Waals surface area contributed by atoms with E-state index in [0.717, 1.165) is 16.3 Å². The average molecular weight is 308 g/mol. The molecule has 0 bridgehead atoms. The summed E-state index contributed by atoms with van der Waals surface area (Å²) in [5.41, 5.74) is 0.752. The fourth-order valence-corrected chi connectivity index (χ4v) is 2.37. The van der Waals surface area contributed by atoms with Gasteiger partial charge in [-0.05, 0) is 33.3 Å². The summed E-state index contributed by atoms with van der Waals surface area (Å²) in [4.78, 5) is 0. The van der Waals surface area contributed by atoms with E-state index in [1.54, 1.807) is 7.11 Å². The SMILES string of the molecule is COc1cc2ccccc2cc1-c1nnc(Cn2cnnn2)o1. The van der Waals surface area contributed by atoms with Gasteiger partial charge in [0.1, 0.15) is 18.6 Å². The van der Waals surface area contributed by atoms with Gasteiger partial charge < -0.3 is 9.15 Å². The van der Waals surface area contributed by atoms with Gasteiger partial charge in [-0.25, -0.2) is 4.68 Å². The molecular weight excluding hydrogens is 296 g/mol. The van der Waals surface area contributed by atoms with Crippen LogP contribution in [0.15, 0.2) is 47.1 Å². The van der Waals surface area contributed by atoms with Gasteiger partial charge in [-0.3, -0.25) is 0 Å². The molecule has 0 fully saturated rings. The Balaban J connectivity index is 1.74. The lowest BCUT2D eigenvalue weighted by atomic mass is 10.1. The molecule has 0 radical (unpaired) electrons. The molecule has 4 rings (SSSR count). The van der Waals surface area contributed by atoms with Gasteiger partial charge in [0.2, 0.25) is 5.89 Å². The second-order valence-electron chi connectivity index (χ2n) is 4.91. The molecule has 0 aliphatic rings. The number of aromatic nitrogens is 6. The highest BCUT2D eigenvalue weighted by molar-refractivity contribution is 5.89. The molecule has 8 nitrogen and oxygen atoms in total. The Labute approximate surface area is 130 Å². The van der Waals surface area contributed by atoms with Gasteiger partial charge in [-0.15, -0.1) is 15.3 Å². The largest absolute Gasteiger partial charge is 0.496 e. The molecule has 0 aliphatic carbocycles. The van der Waals surface area contributed by atoms with Crippen molar-refractivity contribution in [2.45, 2.75) is 6.54 Å². The van der Waals surface area contributed by atoms with Gasteiger partial charge >= 0.3 is 0 Å². The third-order valence-corrected chi connectivity index (χ3v) is 3.45. The number of methoxy groups -OCH3 is 1. The predicted molar refractivity (Wildman–Crippen MR) is 80.7 cm³/mol. The first-order chi connectivity index (χ1) is 11.3. The Morgan fingerprint density at radius 1 is 1.13 bits per heavy atom. The molecule has 2 aromatic heterocycles. The van der Waals surface area contributed by atoms with Crippen molar-refractivity contribution in [3.8, 4) is 17.2 Å². The molecule has 0 unspecified atom stereocenters. The summed E-state index contributed by atoms with van der Waals surface area (Å²) in [6.45, 7) is 0.315. The van der Waals surface area contributed by atoms with E-state index in [1.165, 1.54) is 11.0 Å². The van der Waals surface area contributed by atoms with Crippen LogP contribution in [-0.4, -0.2) is 37.5 Å². The molecule has 0 atom stereocenters. The molecule has 4 aromatic rings. The Hall–Kier alpha value is -3.29. The maximum absolute atomic E-state index is 5.72. The summed E-state index contributed by atoms with van der Waals surface area (Å²) in [6, 6.07) is 11.9. The second kappa shape index (κ2) is 5.48. The zero-order valence-corrected chi connectivity index (χ0v) is 12.2. The van der Waals surface area contributed by atoms with Gasteiger partial charge in [-0.1, -0.05) is 24.3 Å². The second-order valence-corrected chi connectivity index (χ2v) is 4.91. The Morgan fingerprint density at radius 3 is 2.70 bits per heavy atom. The minimum Gasteiger partial charge on any atom is -0.496 e. The van der Waals surface area contributed by atoms with Crippen LogP contribution in [0, 0.1) is 0 Å². The van der Waals surface area contributed by atoms with E-state index in [4.69, 9.17) is 9.15 Å². The number of nitrogens with zero attached hydrogens (tertiary/aromatic N) is 6. The van der Waals surface area contributed by atoms with Crippen LogP contribution < -0.4 is 4.74 Å². The molecule has 8 heteroatoms. The molecule has 0 spiro atoms. The van der Waals surface area contributed by atoms with E-state index < -0.39 is 0 Å². The molecule has 23 heavy (non-hydrogen) atoms. The number of ether oxygens (including phenoxy) is 1. The van der Waals surface area contributed by atoms with Crippen molar-refractivity contribution in [1.82, 2.24) is 30.4 Å².